The molecular weight excluding hydrogens is 516 g/mol. The van der Waals surface area contributed by atoms with Crippen molar-refractivity contribution in [2.24, 2.45) is 0 Å². The monoisotopic (exact) mass is 538 g/mol. The molecule has 3 aromatic carbocycles. The lowest BCUT2D eigenvalue weighted by molar-refractivity contribution is -0.139. The molecule has 0 heterocycles. The Bertz CT molecular complexity index is 1230. The first-order valence-electron chi connectivity index (χ1n) is 10.9. The van der Waals surface area contributed by atoms with E-state index in [1.165, 1.54) is 12.1 Å². The van der Waals surface area contributed by atoms with E-state index < -0.39 is 30.6 Å². The van der Waals surface area contributed by atoms with Crippen LogP contribution in [0.25, 0.3) is 11.1 Å². The zero-order valence-corrected chi connectivity index (χ0v) is 20.1. The lowest BCUT2D eigenvalue weighted by Gasteiger charge is -2.17. The maximum atomic E-state index is 12.7. The number of fused-ring (bicyclic) bond motifs is 3. The predicted molar refractivity (Wildman–Crippen MR) is 133 cm³/mol. The quantitative estimate of drug-likeness (QED) is 0.337. The highest BCUT2D eigenvalue weighted by atomic mass is 79.9. The van der Waals surface area contributed by atoms with E-state index in [1.54, 1.807) is 6.07 Å². The fourth-order valence-electron chi connectivity index (χ4n) is 4.18. The number of rotatable bonds is 8. The summed E-state index contributed by atoms with van der Waals surface area (Å²) in [6.45, 7) is -0.296. The van der Waals surface area contributed by atoms with E-state index in [-0.39, 0.29) is 30.2 Å². The van der Waals surface area contributed by atoms with Crippen molar-refractivity contribution in [3.8, 4) is 11.1 Å². The Labute approximate surface area is 210 Å². The van der Waals surface area contributed by atoms with Crippen molar-refractivity contribution in [1.82, 2.24) is 5.32 Å². The smallest absolute Gasteiger partial charge is 0.411 e. The van der Waals surface area contributed by atoms with Crippen LogP contribution in [-0.2, 0) is 9.53 Å². The minimum Gasteiger partial charge on any atom is -0.480 e. The number of amides is 2. The Morgan fingerprint density at radius 3 is 2.20 bits per heavy atom. The molecule has 0 radical (unpaired) electrons. The van der Waals surface area contributed by atoms with Gasteiger partial charge in [0.2, 0.25) is 0 Å². The van der Waals surface area contributed by atoms with Crippen LogP contribution in [0, 0.1) is 0 Å². The molecule has 35 heavy (non-hydrogen) atoms. The van der Waals surface area contributed by atoms with Crippen LogP contribution in [0.4, 0.5) is 10.5 Å². The number of carboxylic acid groups (broad SMARTS) is 1. The summed E-state index contributed by atoms with van der Waals surface area (Å²) < 4.78 is 6.16. The van der Waals surface area contributed by atoms with Gasteiger partial charge in [-0.05, 0) is 40.5 Å². The minimum atomic E-state index is -1.27. The van der Waals surface area contributed by atoms with Crippen molar-refractivity contribution in [3.05, 3.63) is 87.9 Å². The molecule has 0 saturated heterocycles. The summed E-state index contributed by atoms with van der Waals surface area (Å²) in [5.74, 6) is -2.09. The van der Waals surface area contributed by atoms with Gasteiger partial charge in [-0.3, -0.25) is 10.1 Å². The number of hydrogen-bond donors (Lipinski definition) is 4. The Morgan fingerprint density at radius 2 is 1.60 bits per heavy atom. The van der Waals surface area contributed by atoms with E-state index in [1.807, 2.05) is 48.5 Å². The summed E-state index contributed by atoms with van der Waals surface area (Å²) in [6, 6.07) is 19.3. The highest BCUT2D eigenvalue weighted by Gasteiger charge is 2.29. The number of hydrogen-bond acceptors (Lipinski definition) is 5. The Hall–Kier alpha value is -3.69. The third kappa shape index (κ3) is 5.36. The van der Waals surface area contributed by atoms with E-state index >= 15 is 0 Å². The first-order chi connectivity index (χ1) is 16.9. The molecule has 8 nitrogen and oxygen atoms in total. The Kier molecular flexibility index (Phi) is 7.48. The molecule has 180 valence electrons. The Morgan fingerprint density at radius 1 is 0.971 bits per heavy atom. The maximum Gasteiger partial charge on any atom is 0.411 e. The summed E-state index contributed by atoms with van der Waals surface area (Å²) in [5.41, 5.74) is 4.59. The highest BCUT2D eigenvalue weighted by molar-refractivity contribution is 9.10. The average Bonchev–Trinajstić information content (AvgIpc) is 3.16. The second-order valence-electron chi connectivity index (χ2n) is 8.02. The van der Waals surface area contributed by atoms with Crippen LogP contribution in [-0.4, -0.2) is 47.4 Å². The summed E-state index contributed by atoms with van der Waals surface area (Å²) in [6.07, 6.45) is -0.892. The molecule has 0 bridgehead atoms. The van der Waals surface area contributed by atoms with Crippen LogP contribution in [0.1, 0.15) is 33.8 Å². The van der Waals surface area contributed by atoms with Crippen molar-refractivity contribution in [2.45, 2.75) is 18.4 Å². The zero-order valence-electron chi connectivity index (χ0n) is 18.5. The fourth-order valence-corrected chi connectivity index (χ4v) is 4.55. The molecule has 3 aromatic rings. The molecule has 0 saturated carbocycles. The minimum absolute atomic E-state index is 0.0610. The first-order valence-corrected chi connectivity index (χ1v) is 11.7. The SMILES string of the molecule is O=C(Nc1cc(Br)ccc1C(=O)N[C@@H](CCO)C(=O)O)OCC1c2ccccc2-c2ccccc21. The molecule has 9 heteroatoms. The lowest BCUT2D eigenvalue weighted by atomic mass is 9.98. The normalized spacial score (nSPS) is 12.9. The van der Waals surface area contributed by atoms with E-state index in [2.05, 4.69) is 26.6 Å². The van der Waals surface area contributed by atoms with Gasteiger partial charge in [0.15, 0.2) is 0 Å². The van der Waals surface area contributed by atoms with Crippen LogP contribution in [0.2, 0.25) is 0 Å². The number of aliphatic hydroxyl groups excluding tert-OH is 1. The topological polar surface area (TPSA) is 125 Å². The fraction of sp³-hybridized carbons (Fsp3) is 0.192. The summed E-state index contributed by atoms with van der Waals surface area (Å²) in [4.78, 5) is 36.8. The molecular formula is C26H23BrN2O6. The molecule has 4 N–H and O–H groups in total. The number of aliphatic carboxylic acids is 1. The number of carboxylic acids is 1. The van der Waals surface area contributed by atoms with Crippen molar-refractivity contribution < 1.29 is 29.3 Å². The van der Waals surface area contributed by atoms with E-state index in [9.17, 15) is 19.5 Å². The number of anilines is 1. The summed E-state index contributed by atoms with van der Waals surface area (Å²) >= 11 is 3.31. The van der Waals surface area contributed by atoms with Gasteiger partial charge in [-0.1, -0.05) is 64.5 Å². The van der Waals surface area contributed by atoms with E-state index in [0.29, 0.717) is 4.47 Å². The van der Waals surface area contributed by atoms with E-state index in [4.69, 9.17) is 9.84 Å². The second-order valence-corrected chi connectivity index (χ2v) is 8.93. The second kappa shape index (κ2) is 10.7. The van der Waals surface area contributed by atoms with Crippen molar-refractivity contribution in [3.63, 3.8) is 0 Å². The number of carbonyl (C=O) groups is 3. The Balaban J connectivity index is 1.48. The number of halogens is 1. The van der Waals surface area contributed by atoms with Gasteiger partial charge in [0.05, 0.1) is 11.3 Å². The lowest BCUT2D eigenvalue weighted by Crippen LogP contribution is -2.41. The number of aliphatic hydroxyl groups is 1. The molecule has 0 aromatic heterocycles. The summed E-state index contributed by atoms with van der Waals surface area (Å²) in [7, 11) is 0. The molecule has 2 amide bonds. The van der Waals surface area contributed by atoms with Crippen LogP contribution >= 0.6 is 15.9 Å². The first kappa shape index (κ1) is 24.4. The largest absolute Gasteiger partial charge is 0.480 e. The van der Waals surface area contributed by atoms with Crippen molar-refractivity contribution in [1.29, 1.82) is 0 Å². The van der Waals surface area contributed by atoms with Gasteiger partial charge in [0, 0.05) is 23.4 Å². The molecule has 0 fully saturated rings. The van der Waals surface area contributed by atoms with Gasteiger partial charge in [0.25, 0.3) is 5.91 Å². The third-order valence-electron chi connectivity index (χ3n) is 5.83. The third-order valence-corrected chi connectivity index (χ3v) is 6.32. The van der Waals surface area contributed by atoms with Crippen molar-refractivity contribution >= 4 is 39.6 Å². The maximum absolute atomic E-state index is 12.7. The molecule has 0 spiro atoms. The molecule has 1 aliphatic rings. The molecule has 0 unspecified atom stereocenters. The van der Waals surface area contributed by atoms with Crippen LogP contribution in [0.3, 0.4) is 0 Å². The van der Waals surface area contributed by atoms with Crippen molar-refractivity contribution in [2.75, 3.05) is 18.5 Å². The van der Waals surface area contributed by atoms with Gasteiger partial charge in [-0.25, -0.2) is 9.59 Å². The number of nitrogens with one attached hydrogen (secondary N) is 2. The molecule has 1 atom stereocenters. The number of ether oxygens (including phenoxy) is 1. The standard InChI is InChI=1S/C26H23BrN2O6/c27-15-9-10-20(24(31)28-22(11-12-30)25(32)33)23(13-15)29-26(34)35-14-21-18-7-3-1-5-16(18)17-6-2-4-8-19(17)21/h1-10,13,21-22,30H,11-12,14H2,(H,28,31)(H,29,34)(H,32,33)/t22-/m0/s1. The van der Waals surface area contributed by atoms with Gasteiger partial charge in [-0.15, -0.1) is 0 Å². The highest BCUT2D eigenvalue weighted by Crippen LogP contribution is 2.44. The molecule has 4 rings (SSSR count). The number of carbonyl (C=O) groups excluding carboxylic acids is 2. The van der Waals surface area contributed by atoms with Gasteiger partial charge in [-0.2, -0.15) is 0 Å². The van der Waals surface area contributed by atoms with Crippen LogP contribution in [0.5, 0.6) is 0 Å². The molecule has 1 aliphatic carbocycles. The zero-order chi connectivity index (χ0) is 24.9. The van der Waals surface area contributed by atoms with Gasteiger partial charge in [0.1, 0.15) is 12.6 Å². The number of benzene rings is 3. The van der Waals surface area contributed by atoms with Gasteiger partial charge >= 0.3 is 12.1 Å². The van der Waals surface area contributed by atoms with Gasteiger partial charge < -0.3 is 20.3 Å². The molecule has 0 aliphatic heterocycles. The van der Waals surface area contributed by atoms with E-state index in [0.717, 1.165) is 22.3 Å². The summed E-state index contributed by atoms with van der Waals surface area (Å²) in [5, 5.41) is 23.3. The average molecular weight is 539 g/mol. The predicted octanol–water partition coefficient (Wildman–Crippen LogP) is 4.38. The van der Waals surface area contributed by atoms with Crippen LogP contribution < -0.4 is 10.6 Å². The van der Waals surface area contributed by atoms with Crippen LogP contribution in [0.15, 0.2) is 71.2 Å².